The molecule has 0 unspecified atom stereocenters. The third kappa shape index (κ3) is 3.54. The Morgan fingerprint density at radius 2 is 2.14 bits per heavy atom. The Morgan fingerprint density at radius 3 is 2.82 bits per heavy atom. The number of methoxy groups -OCH3 is 1. The van der Waals surface area contributed by atoms with Crippen molar-refractivity contribution in [3.05, 3.63) is 47.3 Å². The Balaban J connectivity index is 1.65. The molecule has 146 valence electrons. The lowest BCUT2D eigenvalue weighted by Crippen LogP contribution is -2.20. The first-order valence-corrected chi connectivity index (χ1v) is 9.06. The van der Waals surface area contributed by atoms with Gasteiger partial charge in [0.1, 0.15) is 12.3 Å². The van der Waals surface area contributed by atoms with Crippen molar-refractivity contribution in [2.45, 2.75) is 38.7 Å². The van der Waals surface area contributed by atoms with Gasteiger partial charge in [-0.1, -0.05) is 6.07 Å². The van der Waals surface area contributed by atoms with Crippen LogP contribution in [0.15, 0.2) is 30.3 Å². The van der Waals surface area contributed by atoms with E-state index in [1.165, 1.54) is 10.7 Å². The molecule has 8 heteroatoms. The van der Waals surface area contributed by atoms with Crippen molar-refractivity contribution in [3.8, 4) is 5.75 Å². The Hall–Kier alpha value is -3.03. The molecule has 1 aliphatic carbocycles. The zero-order chi connectivity index (χ0) is 19.8. The number of pyridine rings is 1. The molecule has 0 atom stereocenters. The Labute approximate surface area is 160 Å². The molecule has 28 heavy (non-hydrogen) atoms. The summed E-state index contributed by atoms with van der Waals surface area (Å²) in [6.45, 7) is 1.54. The lowest BCUT2D eigenvalue weighted by Gasteiger charge is -2.09. The van der Waals surface area contributed by atoms with Gasteiger partial charge in [-0.15, -0.1) is 0 Å². The van der Waals surface area contributed by atoms with Gasteiger partial charge < -0.3 is 10.1 Å². The summed E-state index contributed by atoms with van der Waals surface area (Å²) in [5.41, 5.74) is 1.94. The average Bonchev–Trinajstić information content (AvgIpc) is 3.47. The maximum Gasteiger partial charge on any atom is 0.264 e. The molecule has 0 saturated heterocycles. The molecule has 2 heterocycles. The first-order chi connectivity index (χ1) is 13.5. The van der Waals surface area contributed by atoms with Gasteiger partial charge in [0.25, 0.3) is 6.43 Å². The number of carbonyl (C=O) groups is 1. The van der Waals surface area contributed by atoms with Gasteiger partial charge in [0.2, 0.25) is 5.91 Å². The quantitative estimate of drug-likeness (QED) is 0.689. The second kappa shape index (κ2) is 7.18. The van der Waals surface area contributed by atoms with Crippen LogP contribution in [0.5, 0.6) is 5.75 Å². The second-order valence-corrected chi connectivity index (χ2v) is 6.93. The first-order valence-electron chi connectivity index (χ1n) is 9.06. The number of alkyl halides is 2. The largest absolute Gasteiger partial charge is 0.497 e. The number of halogens is 2. The minimum absolute atomic E-state index is 0.0659. The van der Waals surface area contributed by atoms with E-state index in [0.717, 1.165) is 12.8 Å². The summed E-state index contributed by atoms with van der Waals surface area (Å²) in [6, 6.07) is 8.46. The summed E-state index contributed by atoms with van der Waals surface area (Å²) < 4.78 is 33.8. The van der Waals surface area contributed by atoms with Gasteiger partial charge >= 0.3 is 0 Å². The number of rotatable bonds is 6. The summed E-state index contributed by atoms with van der Waals surface area (Å²) in [6.07, 6.45) is -0.722. The molecule has 1 amide bonds. The minimum Gasteiger partial charge on any atom is -0.497 e. The number of fused-ring (bicyclic) bond motifs is 1. The van der Waals surface area contributed by atoms with E-state index >= 15 is 0 Å². The van der Waals surface area contributed by atoms with Crippen LogP contribution in [-0.4, -0.2) is 27.8 Å². The monoisotopic (exact) mass is 386 g/mol. The van der Waals surface area contributed by atoms with Crippen molar-refractivity contribution in [1.29, 1.82) is 0 Å². The molecule has 1 N–H and O–H groups in total. The van der Waals surface area contributed by atoms with Gasteiger partial charge in [-0.3, -0.25) is 4.79 Å². The number of amides is 1. The fourth-order valence-corrected chi connectivity index (χ4v) is 3.31. The Bertz CT molecular complexity index is 1040. The molecule has 1 aliphatic rings. The molecule has 0 radical (unpaired) electrons. The highest BCUT2D eigenvalue weighted by molar-refractivity contribution is 5.92. The third-order valence-corrected chi connectivity index (χ3v) is 4.81. The smallest absolute Gasteiger partial charge is 0.264 e. The van der Waals surface area contributed by atoms with Gasteiger partial charge in [-0.2, -0.15) is 5.10 Å². The van der Waals surface area contributed by atoms with E-state index in [9.17, 15) is 13.6 Å². The van der Waals surface area contributed by atoms with Crippen LogP contribution in [0.4, 0.5) is 14.5 Å². The normalized spacial score (nSPS) is 13.9. The number of hydrogen-bond acceptors (Lipinski definition) is 4. The van der Waals surface area contributed by atoms with Crippen LogP contribution in [0, 0.1) is 6.92 Å². The Kier molecular flexibility index (Phi) is 4.70. The zero-order valence-corrected chi connectivity index (χ0v) is 15.6. The predicted octanol–water partition coefficient (Wildman–Crippen LogP) is 4.20. The van der Waals surface area contributed by atoms with Crippen LogP contribution in [0.2, 0.25) is 0 Å². The summed E-state index contributed by atoms with van der Waals surface area (Å²) in [7, 11) is 1.54. The first kappa shape index (κ1) is 18.3. The number of aryl methyl sites for hydroxylation is 1. The molecule has 6 nitrogen and oxygen atoms in total. The number of aromatic nitrogens is 3. The predicted molar refractivity (Wildman–Crippen MR) is 101 cm³/mol. The van der Waals surface area contributed by atoms with E-state index in [0.29, 0.717) is 33.9 Å². The Morgan fingerprint density at radius 1 is 1.36 bits per heavy atom. The topological polar surface area (TPSA) is 69.0 Å². The molecule has 1 fully saturated rings. The van der Waals surface area contributed by atoms with Gasteiger partial charge in [0.15, 0.2) is 5.65 Å². The van der Waals surface area contributed by atoms with Crippen LogP contribution < -0.4 is 10.1 Å². The van der Waals surface area contributed by atoms with Gasteiger partial charge in [-0.25, -0.2) is 18.4 Å². The van der Waals surface area contributed by atoms with Crippen LogP contribution in [0.1, 0.15) is 42.1 Å². The highest BCUT2D eigenvalue weighted by atomic mass is 19.3. The molecule has 0 spiro atoms. The van der Waals surface area contributed by atoms with E-state index in [2.05, 4.69) is 15.4 Å². The van der Waals surface area contributed by atoms with Crippen molar-refractivity contribution in [2.24, 2.45) is 0 Å². The van der Waals surface area contributed by atoms with Crippen molar-refractivity contribution >= 4 is 22.6 Å². The van der Waals surface area contributed by atoms with Crippen LogP contribution in [-0.2, 0) is 11.3 Å². The van der Waals surface area contributed by atoms with Gasteiger partial charge in [0.05, 0.1) is 18.2 Å². The summed E-state index contributed by atoms with van der Waals surface area (Å²) in [5, 5.41) is 7.40. The van der Waals surface area contributed by atoms with E-state index in [1.54, 1.807) is 38.3 Å². The number of nitrogens with zero attached hydrogens (tertiary/aromatic N) is 3. The van der Waals surface area contributed by atoms with Crippen LogP contribution in [0.25, 0.3) is 11.0 Å². The number of anilines is 1. The summed E-state index contributed by atoms with van der Waals surface area (Å²) in [5.74, 6) is 0.515. The van der Waals surface area contributed by atoms with Crippen LogP contribution >= 0.6 is 0 Å². The van der Waals surface area contributed by atoms with E-state index in [4.69, 9.17) is 4.74 Å². The fraction of sp³-hybridized carbons (Fsp3) is 0.350. The minimum atomic E-state index is -2.62. The molecule has 0 bridgehead atoms. The number of benzene rings is 1. The molecule has 2 aromatic heterocycles. The highest BCUT2D eigenvalue weighted by Gasteiger charge is 2.29. The van der Waals surface area contributed by atoms with Gasteiger partial charge in [0, 0.05) is 28.9 Å². The van der Waals surface area contributed by atoms with E-state index in [1.807, 2.05) is 0 Å². The lowest BCUT2D eigenvalue weighted by atomic mass is 10.1. The SMILES string of the molecule is COc1cccc(NC(=O)Cn2nc(C)c3c(C(F)F)cc(C4CC4)nc32)c1. The van der Waals surface area contributed by atoms with Crippen molar-refractivity contribution in [1.82, 2.24) is 14.8 Å². The van der Waals surface area contributed by atoms with E-state index < -0.39 is 6.43 Å². The summed E-state index contributed by atoms with van der Waals surface area (Å²) in [4.78, 5) is 17.1. The molecular formula is C20H20F2N4O2. The zero-order valence-electron chi connectivity index (χ0n) is 15.6. The fourth-order valence-electron chi connectivity index (χ4n) is 3.31. The van der Waals surface area contributed by atoms with Crippen molar-refractivity contribution < 1.29 is 18.3 Å². The number of hydrogen-bond donors (Lipinski definition) is 1. The molecule has 3 aromatic rings. The highest BCUT2D eigenvalue weighted by Crippen LogP contribution is 2.41. The molecule has 4 rings (SSSR count). The number of ether oxygens (including phenoxy) is 1. The second-order valence-electron chi connectivity index (χ2n) is 6.93. The summed E-state index contributed by atoms with van der Waals surface area (Å²) >= 11 is 0. The third-order valence-electron chi connectivity index (χ3n) is 4.81. The maximum absolute atomic E-state index is 13.6. The maximum atomic E-state index is 13.6. The van der Waals surface area contributed by atoms with Crippen LogP contribution in [0.3, 0.4) is 0 Å². The molecule has 1 saturated carbocycles. The number of carbonyl (C=O) groups excluding carboxylic acids is 1. The molecule has 1 aromatic carbocycles. The van der Waals surface area contributed by atoms with Crippen molar-refractivity contribution in [3.63, 3.8) is 0 Å². The molecule has 0 aliphatic heterocycles. The van der Waals surface area contributed by atoms with Gasteiger partial charge in [-0.05, 0) is 38.0 Å². The van der Waals surface area contributed by atoms with Crippen molar-refractivity contribution in [2.75, 3.05) is 12.4 Å². The number of nitrogens with one attached hydrogen (secondary N) is 1. The standard InChI is InChI=1S/C20H20F2N4O2/c1-11-18-15(19(21)22)9-16(12-6-7-12)24-20(18)26(25-11)10-17(27)23-13-4-3-5-14(8-13)28-2/h3-5,8-9,12,19H,6-7,10H2,1-2H3,(H,23,27). The average molecular weight is 386 g/mol. The molecular weight excluding hydrogens is 366 g/mol. The lowest BCUT2D eigenvalue weighted by molar-refractivity contribution is -0.116. The van der Waals surface area contributed by atoms with E-state index in [-0.39, 0.29) is 23.9 Å².